The van der Waals surface area contributed by atoms with Gasteiger partial charge in [0, 0.05) is 13.0 Å². The van der Waals surface area contributed by atoms with E-state index in [-0.39, 0.29) is 12.5 Å². The third kappa shape index (κ3) is 4.42. The molecular weight excluding hydrogens is 349 g/mol. The van der Waals surface area contributed by atoms with Crippen LogP contribution in [0.5, 0.6) is 0 Å². The van der Waals surface area contributed by atoms with Crippen molar-refractivity contribution < 1.29 is 14.3 Å². The molecule has 1 fully saturated rings. The van der Waals surface area contributed by atoms with E-state index in [0.29, 0.717) is 18.9 Å². The molecule has 0 saturated heterocycles. The topological polar surface area (TPSA) is 55.4 Å². The highest BCUT2D eigenvalue weighted by Crippen LogP contribution is 2.64. The maximum Gasteiger partial charge on any atom is 0.315 e. The second-order valence-corrected chi connectivity index (χ2v) is 8.27. The average molecular weight is 372 g/mol. The summed E-state index contributed by atoms with van der Waals surface area (Å²) in [5.74, 6) is -0.366. The van der Waals surface area contributed by atoms with Crippen LogP contribution in [0.3, 0.4) is 0 Å². The summed E-state index contributed by atoms with van der Waals surface area (Å²) in [6, 6.07) is 8.33. The summed E-state index contributed by atoms with van der Waals surface area (Å²) in [5, 5.41) is 2.73. The second kappa shape index (κ2) is 7.32. The summed E-state index contributed by atoms with van der Waals surface area (Å²) in [4.78, 5) is 23.6. The first kappa shape index (κ1) is 19.1. The molecule has 1 N–H and O–H groups in total. The third-order valence-electron chi connectivity index (χ3n) is 4.42. The van der Waals surface area contributed by atoms with Crippen LogP contribution in [0.25, 0.3) is 0 Å². The maximum absolute atomic E-state index is 11.9. The highest BCUT2D eigenvalue weighted by Gasteiger charge is 2.69. The van der Waals surface area contributed by atoms with Crippen molar-refractivity contribution in [2.24, 2.45) is 5.41 Å². The van der Waals surface area contributed by atoms with Gasteiger partial charge in [-0.2, -0.15) is 0 Å². The Morgan fingerprint density at radius 3 is 2.33 bits per heavy atom. The van der Waals surface area contributed by atoms with Crippen LogP contribution in [0.1, 0.15) is 44.2 Å². The first-order valence-electron chi connectivity index (χ1n) is 8.06. The molecule has 1 atom stereocenters. The van der Waals surface area contributed by atoms with Gasteiger partial charge in [0.25, 0.3) is 5.91 Å². The molecule has 1 aliphatic carbocycles. The van der Waals surface area contributed by atoms with Gasteiger partial charge in [0.1, 0.15) is 9.75 Å². The van der Waals surface area contributed by atoms with Crippen molar-refractivity contribution in [3.63, 3.8) is 0 Å². The Morgan fingerprint density at radius 1 is 1.25 bits per heavy atom. The van der Waals surface area contributed by atoms with E-state index in [2.05, 4.69) is 43.4 Å². The van der Waals surface area contributed by atoms with Gasteiger partial charge in [-0.15, -0.1) is 23.2 Å². The minimum absolute atomic E-state index is 0.315. The van der Waals surface area contributed by atoms with Crippen LogP contribution in [0.15, 0.2) is 24.3 Å². The lowest BCUT2D eigenvalue weighted by atomic mass is 10.0. The van der Waals surface area contributed by atoms with Crippen molar-refractivity contribution in [3.05, 3.63) is 35.4 Å². The van der Waals surface area contributed by atoms with Crippen LogP contribution in [0.4, 0.5) is 0 Å². The smallest absolute Gasteiger partial charge is 0.315 e. The van der Waals surface area contributed by atoms with E-state index in [1.165, 1.54) is 5.56 Å². The Morgan fingerprint density at radius 2 is 1.83 bits per heavy atom. The van der Waals surface area contributed by atoms with Crippen LogP contribution in [-0.2, 0) is 20.7 Å². The summed E-state index contributed by atoms with van der Waals surface area (Å²) in [5.41, 5.74) is 1.53. The number of benzene rings is 1. The molecule has 6 heteroatoms. The highest BCUT2D eigenvalue weighted by molar-refractivity contribution is 6.53. The predicted octanol–water partition coefficient (Wildman–Crippen LogP) is 3.60. The fourth-order valence-corrected chi connectivity index (χ4v) is 3.07. The van der Waals surface area contributed by atoms with E-state index >= 15 is 0 Å². The Kier molecular flexibility index (Phi) is 5.82. The molecule has 0 spiro atoms. The summed E-state index contributed by atoms with van der Waals surface area (Å²) < 4.78 is 3.91. The average Bonchev–Trinajstić information content (AvgIpc) is 3.05. The molecule has 1 aromatic rings. The molecular formula is C18H23Cl2NO3. The fraction of sp³-hybridized carbons (Fsp3) is 0.556. The number of hydrogen-bond acceptors (Lipinski definition) is 3. The lowest BCUT2D eigenvalue weighted by Gasteiger charge is -2.12. The zero-order chi connectivity index (χ0) is 18.0. The van der Waals surface area contributed by atoms with E-state index in [4.69, 9.17) is 27.9 Å². The summed E-state index contributed by atoms with van der Waals surface area (Å²) in [7, 11) is 0. The van der Waals surface area contributed by atoms with Crippen molar-refractivity contribution in [1.29, 1.82) is 0 Å². The lowest BCUT2D eigenvalue weighted by molar-refractivity contribution is -0.153. The number of amides is 1. The van der Waals surface area contributed by atoms with Gasteiger partial charge in [0.15, 0.2) is 6.61 Å². The molecule has 0 aromatic heterocycles. The van der Waals surface area contributed by atoms with Gasteiger partial charge >= 0.3 is 5.97 Å². The molecule has 1 aromatic carbocycles. The molecule has 132 valence electrons. The molecule has 1 unspecified atom stereocenters. The maximum atomic E-state index is 11.9. The Balaban J connectivity index is 1.67. The molecule has 0 radical (unpaired) electrons. The van der Waals surface area contributed by atoms with E-state index in [9.17, 15) is 9.59 Å². The first-order chi connectivity index (χ1) is 11.2. The summed E-state index contributed by atoms with van der Waals surface area (Å²) in [6.45, 7) is 6.11. The van der Waals surface area contributed by atoms with Gasteiger partial charge in [0.2, 0.25) is 0 Å². The van der Waals surface area contributed by atoms with Crippen molar-refractivity contribution in [2.75, 3.05) is 13.2 Å². The van der Waals surface area contributed by atoms with Gasteiger partial charge in [-0.25, -0.2) is 0 Å². The van der Waals surface area contributed by atoms with E-state index < -0.39 is 15.7 Å². The summed E-state index contributed by atoms with van der Waals surface area (Å²) >= 11 is 11.8. The minimum Gasteiger partial charge on any atom is -0.455 e. The SMILES string of the molecule is CC(C)c1ccc(CCNC(=O)COC(=O)C2(C)CC2(Cl)Cl)cc1. The Bertz CT molecular complexity index is 613. The first-order valence-corrected chi connectivity index (χ1v) is 8.82. The summed E-state index contributed by atoms with van der Waals surface area (Å²) in [6.07, 6.45) is 1.07. The highest BCUT2D eigenvalue weighted by atomic mass is 35.5. The zero-order valence-corrected chi connectivity index (χ0v) is 15.7. The van der Waals surface area contributed by atoms with E-state index in [1.807, 2.05) is 0 Å². The van der Waals surface area contributed by atoms with Crippen LogP contribution in [0, 0.1) is 5.41 Å². The predicted molar refractivity (Wildman–Crippen MR) is 95.4 cm³/mol. The van der Waals surface area contributed by atoms with Gasteiger partial charge in [-0.05, 0) is 30.4 Å². The van der Waals surface area contributed by atoms with E-state index in [1.54, 1.807) is 6.92 Å². The molecule has 0 aliphatic heterocycles. The number of halogens is 2. The monoisotopic (exact) mass is 371 g/mol. The van der Waals surface area contributed by atoms with Crippen LogP contribution in [0.2, 0.25) is 0 Å². The van der Waals surface area contributed by atoms with E-state index in [0.717, 1.165) is 12.0 Å². The van der Waals surface area contributed by atoms with Crippen LogP contribution < -0.4 is 5.32 Å². The number of carbonyl (C=O) groups excluding carboxylic acids is 2. The van der Waals surface area contributed by atoms with Crippen molar-refractivity contribution in [1.82, 2.24) is 5.32 Å². The van der Waals surface area contributed by atoms with Crippen LogP contribution >= 0.6 is 23.2 Å². The number of hydrogen-bond donors (Lipinski definition) is 1. The molecule has 24 heavy (non-hydrogen) atoms. The number of rotatable bonds is 7. The van der Waals surface area contributed by atoms with Gasteiger partial charge < -0.3 is 10.1 Å². The molecule has 0 bridgehead atoms. The number of nitrogens with one attached hydrogen (secondary N) is 1. The molecule has 0 heterocycles. The third-order valence-corrected chi connectivity index (χ3v) is 5.53. The van der Waals surface area contributed by atoms with Crippen molar-refractivity contribution in [2.45, 2.75) is 43.9 Å². The van der Waals surface area contributed by atoms with Crippen LogP contribution in [-0.4, -0.2) is 29.4 Å². The Labute approximate surface area is 152 Å². The minimum atomic E-state index is -1.08. The molecule has 1 amide bonds. The van der Waals surface area contributed by atoms with Gasteiger partial charge in [-0.1, -0.05) is 38.1 Å². The number of alkyl halides is 2. The standard InChI is InChI=1S/C18H23Cl2NO3/c1-12(2)14-6-4-13(5-7-14)8-9-21-15(22)10-24-16(23)17(3)11-18(17,19)20/h4-7,12H,8-11H2,1-3H3,(H,21,22). The van der Waals surface area contributed by atoms with Gasteiger partial charge in [-0.3, -0.25) is 9.59 Å². The second-order valence-electron chi connectivity index (χ2n) is 6.79. The van der Waals surface area contributed by atoms with Gasteiger partial charge in [0.05, 0.1) is 0 Å². The fourth-order valence-electron chi connectivity index (χ4n) is 2.38. The van der Waals surface area contributed by atoms with Crippen molar-refractivity contribution in [3.8, 4) is 0 Å². The normalized spacial score (nSPS) is 21.4. The molecule has 2 rings (SSSR count). The lowest BCUT2D eigenvalue weighted by Crippen LogP contribution is -2.32. The number of carbonyl (C=O) groups is 2. The molecule has 1 saturated carbocycles. The Hall–Kier alpha value is -1.26. The quantitative estimate of drug-likeness (QED) is 0.588. The number of esters is 1. The van der Waals surface area contributed by atoms with Crippen molar-refractivity contribution >= 4 is 35.1 Å². The number of ether oxygens (including phenoxy) is 1. The zero-order valence-electron chi connectivity index (χ0n) is 14.2. The molecule has 1 aliphatic rings. The molecule has 4 nitrogen and oxygen atoms in total. The largest absolute Gasteiger partial charge is 0.455 e.